The molecule has 0 fully saturated rings. The predicted molar refractivity (Wildman–Crippen MR) is 98.4 cm³/mol. The Bertz CT molecular complexity index is 920. The Morgan fingerprint density at radius 2 is 2.00 bits per heavy atom. The maximum atomic E-state index is 12.2. The Hall–Kier alpha value is -2.79. The standard InChI is InChI=1S/C15H16N4O5S2/c1-10(20)18-14-19-13(8-25-14)11-2-4-12(5-3-11)26(23,24)7-6-16-9-17-15(21)22/h2-5,8-9H,6-7H2,1H3,(H,16,17)(H,21,22)(H,18,19,20). The number of carboxylic acid groups (broad SMARTS) is 1. The summed E-state index contributed by atoms with van der Waals surface area (Å²) >= 11 is 1.28. The third kappa shape index (κ3) is 5.63. The molecule has 2 rings (SSSR count). The van der Waals surface area contributed by atoms with Crippen LogP contribution in [0.5, 0.6) is 0 Å². The highest BCUT2D eigenvalue weighted by atomic mass is 32.2. The number of carbonyl (C=O) groups excluding carboxylic acids is 1. The van der Waals surface area contributed by atoms with Gasteiger partial charge in [0.2, 0.25) is 5.91 Å². The van der Waals surface area contributed by atoms with Crippen LogP contribution in [0, 0.1) is 0 Å². The van der Waals surface area contributed by atoms with E-state index in [0.29, 0.717) is 10.8 Å². The van der Waals surface area contributed by atoms with Gasteiger partial charge in [0, 0.05) is 17.9 Å². The van der Waals surface area contributed by atoms with E-state index in [0.717, 1.165) is 11.9 Å². The van der Waals surface area contributed by atoms with Gasteiger partial charge in [-0.15, -0.1) is 11.3 Å². The summed E-state index contributed by atoms with van der Waals surface area (Å²) in [4.78, 5) is 29.3. The van der Waals surface area contributed by atoms with Gasteiger partial charge in [0.15, 0.2) is 15.0 Å². The summed E-state index contributed by atoms with van der Waals surface area (Å²) in [7, 11) is -3.53. The van der Waals surface area contributed by atoms with E-state index in [1.54, 1.807) is 17.5 Å². The van der Waals surface area contributed by atoms with Crippen molar-refractivity contribution < 1.29 is 23.1 Å². The molecule has 11 heteroatoms. The fraction of sp³-hybridized carbons (Fsp3) is 0.200. The highest BCUT2D eigenvalue weighted by molar-refractivity contribution is 7.91. The van der Waals surface area contributed by atoms with Crippen LogP contribution in [-0.4, -0.2) is 49.1 Å². The first-order valence-electron chi connectivity index (χ1n) is 7.32. The van der Waals surface area contributed by atoms with Gasteiger partial charge < -0.3 is 10.4 Å². The Morgan fingerprint density at radius 1 is 1.31 bits per heavy atom. The van der Waals surface area contributed by atoms with Crippen molar-refractivity contribution in [1.82, 2.24) is 10.3 Å². The van der Waals surface area contributed by atoms with Crippen molar-refractivity contribution in [2.24, 2.45) is 4.99 Å². The maximum Gasteiger partial charge on any atom is 0.409 e. The number of hydrogen-bond donors (Lipinski definition) is 3. The first-order valence-corrected chi connectivity index (χ1v) is 9.85. The fourth-order valence-corrected chi connectivity index (χ4v) is 3.80. The number of anilines is 1. The molecular formula is C15H16N4O5S2. The van der Waals surface area contributed by atoms with Crippen molar-refractivity contribution >= 4 is 44.6 Å². The normalized spacial score (nSPS) is 11.4. The number of thiazole rings is 1. The average Bonchev–Trinajstić information content (AvgIpc) is 3.02. The van der Waals surface area contributed by atoms with Crippen molar-refractivity contribution in [3.05, 3.63) is 29.6 Å². The number of rotatable bonds is 7. The van der Waals surface area contributed by atoms with Crippen molar-refractivity contribution in [1.29, 1.82) is 0 Å². The summed E-state index contributed by atoms with van der Waals surface area (Å²) < 4.78 is 24.5. The number of nitrogens with zero attached hydrogens (tertiary/aromatic N) is 2. The molecule has 138 valence electrons. The molecule has 0 atom stereocenters. The summed E-state index contributed by atoms with van der Waals surface area (Å²) in [5.41, 5.74) is 1.35. The van der Waals surface area contributed by atoms with Gasteiger partial charge in [0.05, 0.1) is 29.2 Å². The second kappa shape index (κ2) is 8.54. The number of amides is 2. The van der Waals surface area contributed by atoms with Gasteiger partial charge in [0.25, 0.3) is 0 Å². The third-order valence-electron chi connectivity index (χ3n) is 3.06. The monoisotopic (exact) mass is 396 g/mol. The molecule has 0 aliphatic rings. The van der Waals surface area contributed by atoms with Crippen LogP contribution in [0.25, 0.3) is 11.3 Å². The molecular weight excluding hydrogens is 380 g/mol. The van der Waals surface area contributed by atoms with Gasteiger partial charge in [-0.2, -0.15) is 0 Å². The maximum absolute atomic E-state index is 12.2. The lowest BCUT2D eigenvalue weighted by molar-refractivity contribution is -0.114. The Kier molecular flexibility index (Phi) is 6.41. The fourth-order valence-electron chi connectivity index (χ4n) is 1.90. The van der Waals surface area contributed by atoms with Gasteiger partial charge in [0.1, 0.15) is 0 Å². The molecule has 0 aliphatic carbocycles. The molecule has 1 aromatic heterocycles. The van der Waals surface area contributed by atoms with E-state index in [-0.39, 0.29) is 23.1 Å². The Balaban J connectivity index is 2.03. The summed E-state index contributed by atoms with van der Waals surface area (Å²) in [6.45, 7) is 1.33. The van der Waals surface area contributed by atoms with Crippen LogP contribution in [0.1, 0.15) is 6.92 Å². The Morgan fingerprint density at radius 3 is 2.62 bits per heavy atom. The molecule has 26 heavy (non-hydrogen) atoms. The number of carbonyl (C=O) groups is 2. The summed E-state index contributed by atoms with van der Waals surface area (Å²) in [5, 5.41) is 15.1. The Labute approximate surface area is 153 Å². The lowest BCUT2D eigenvalue weighted by Gasteiger charge is -2.04. The lowest BCUT2D eigenvalue weighted by Crippen LogP contribution is -2.19. The zero-order chi connectivity index (χ0) is 19.2. The van der Waals surface area contributed by atoms with E-state index in [4.69, 9.17) is 5.11 Å². The van der Waals surface area contributed by atoms with Crippen LogP contribution in [0.15, 0.2) is 39.5 Å². The molecule has 0 spiro atoms. The molecule has 0 bridgehead atoms. The first-order chi connectivity index (χ1) is 12.3. The number of nitrogens with one attached hydrogen (secondary N) is 2. The highest BCUT2D eigenvalue weighted by Gasteiger charge is 2.14. The lowest BCUT2D eigenvalue weighted by atomic mass is 10.2. The molecule has 1 heterocycles. The van der Waals surface area contributed by atoms with Gasteiger partial charge in [-0.3, -0.25) is 15.1 Å². The number of sulfone groups is 1. The van der Waals surface area contributed by atoms with Crippen LogP contribution in [0.3, 0.4) is 0 Å². The zero-order valence-corrected chi connectivity index (χ0v) is 15.3. The van der Waals surface area contributed by atoms with Crippen LogP contribution in [-0.2, 0) is 14.6 Å². The topological polar surface area (TPSA) is 138 Å². The molecule has 0 aliphatic heterocycles. The molecule has 3 N–H and O–H groups in total. The third-order valence-corrected chi connectivity index (χ3v) is 5.53. The number of benzene rings is 1. The average molecular weight is 396 g/mol. The SMILES string of the molecule is CC(=O)Nc1nc(-c2ccc(S(=O)(=O)CCN=CNC(=O)O)cc2)cs1. The van der Waals surface area contributed by atoms with E-state index in [2.05, 4.69) is 15.3 Å². The number of aliphatic imine (C=N–C) groups is 1. The van der Waals surface area contributed by atoms with Gasteiger partial charge in [-0.1, -0.05) is 12.1 Å². The first kappa shape index (κ1) is 19.5. The van der Waals surface area contributed by atoms with Gasteiger partial charge >= 0.3 is 6.09 Å². The minimum atomic E-state index is -3.53. The molecule has 9 nitrogen and oxygen atoms in total. The largest absolute Gasteiger partial charge is 0.465 e. The smallest absolute Gasteiger partial charge is 0.409 e. The van der Waals surface area contributed by atoms with Crippen molar-refractivity contribution in [3.8, 4) is 11.3 Å². The van der Waals surface area contributed by atoms with Crippen LogP contribution < -0.4 is 10.6 Å². The predicted octanol–water partition coefficient (Wildman–Crippen LogP) is 1.84. The quantitative estimate of drug-likeness (QED) is 0.482. The minimum Gasteiger partial charge on any atom is -0.465 e. The minimum absolute atomic E-state index is 0.0590. The zero-order valence-electron chi connectivity index (χ0n) is 13.7. The van der Waals surface area contributed by atoms with Crippen LogP contribution in [0.2, 0.25) is 0 Å². The van der Waals surface area contributed by atoms with E-state index >= 15 is 0 Å². The second-order valence-electron chi connectivity index (χ2n) is 5.05. The highest BCUT2D eigenvalue weighted by Crippen LogP contribution is 2.26. The van der Waals surface area contributed by atoms with Crippen molar-refractivity contribution in [3.63, 3.8) is 0 Å². The number of hydrogen-bond acceptors (Lipinski definition) is 7. The molecule has 2 aromatic rings. The van der Waals surface area contributed by atoms with E-state index in [1.165, 1.54) is 30.4 Å². The number of aromatic nitrogens is 1. The van der Waals surface area contributed by atoms with Crippen LogP contribution >= 0.6 is 11.3 Å². The van der Waals surface area contributed by atoms with E-state index in [1.807, 2.05) is 5.32 Å². The van der Waals surface area contributed by atoms with Crippen molar-refractivity contribution in [2.45, 2.75) is 11.8 Å². The molecule has 2 amide bonds. The van der Waals surface area contributed by atoms with Gasteiger partial charge in [-0.25, -0.2) is 18.2 Å². The molecule has 1 aromatic carbocycles. The van der Waals surface area contributed by atoms with Crippen molar-refractivity contribution in [2.75, 3.05) is 17.6 Å². The van der Waals surface area contributed by atoms with Gasteiger partial charge in [-0.05, 0) is 12.1 Å². The molecule has 0 saturated heterocycles. The summed E-state index contributed by atoms with van der Waals surface area (Å²) in [5.74, 6) is -0.457. The molecule has 0 saturated carbocycles. The van der Waals surface area contributed by atoms with E-state index < -0.39 is 15.9 Å². The summed E-state index contributed by atoms with van der Waals surface area (Å²) in [6, 6.07) is 6.21. The van der Waals surface area contributed by atoms with Crippen LogP contribution in [0.4, 0.5) is 9.93 Å². The van der Waals surface area contributed by atoms with E-state index in [9.17, 15) is 18.0 Å². The second-order valence-corrected chi connectivity index (χ2v) is 8.01. The molecule has 0 unspecified atom stereocenters. The summed E-state index contributed by atoms with van der Waals surface area (Å²) in [6.07, 6.45) is -0.327. The molecule has 0 radical (unpaired) electrons.